The summed E-state index contributed by atoms with van der Waals surface area (Å²) in [6, 6.07) is 0. The van der Waals surface area contributed by atoms with Gasteiger partial charge in [0.15, 0.2) is 0 Å². The number of alkyl halides is 1. The fourth-order valence-corrected chi connectivity index (χ4v) is 8.06. The van der Waals surface area contributed by atoms with E-state index in [9.17, 15) is 0 Å². The fourth-order valence-electron chi connectivity index (χ4n) is 7.23. The second-order valence-corrected chi connectivity index (χ2v) is 10.1. The first-order chi connectivity index (χ1) is 9.56. The summed E-state index contributed by atoms with van der Waals surface area (Å²) in [5, 5.41) is 0. The summed E-state index contributed by atoms with van der Waals surface area (Å²) < 4.78 is 0. The third-order valence-electron chi connectivity index (χ3n) is 8.47. The number of rotatable bonds is 0. The maximum atomic E-state index is 4.04. The zero-order chi connectivity index (χ0) is 14.0. The van der Waals surface area contributed by atoms with Crippen molar-refractivity contribution in [2.45, 2.75) is 82.9 Å². The van der Waals surface area contributed by atoms with Crippen molar-refractivity contribution in [3.05, 3.63) is 0 Å². The van der Waals surface area contributed by atoms with Crippen molar-refractivity contribution in [2.75, 3.05) is 0 Å². The molecule has 1 heteroatoms. The van der Waals surface area contributed by atoms with Crippen LogP contribution in [0.5, 0.6) is 0 Å². The summed E-state index contributed by atoms with van der Waals surface area (Å²) in [7, 11) is 0. The van der Waals surface area contributed by atoms with Gasteiger partial charge in [0, 0.05) is 4.83 Å². The first kappa shape index (κ1) is 14.1. The van der Waals surface area contributed by atoms with Gasteiger partial charge in [-0.15, -0.1) is 0 Å². The zero-order valence-corrected chi connectivity index (χ0v) is 14.9. The Morgan fingerprint density at radius 3 is 2.40 bits per heavy atom. The molecule has 0 heterocycles. The van der Waals surface area contributed by atoms with Crippen LogP contribution in [-0.2, 0) is 0 Å². The minimum absolute atomic E-state index is 0.624. The molecule has 0 saturated heterocycles. The van der Waals surface area contributed by atoms with Gasteiger partial charge in [-0.3, -0.25) is 0 Å². The third-order valence-corrected chi connectivity index (χ3v) is 9.97. The number of fused-ring (bicyclic) bond motifs is 5. The molecule has 0 aliphatic heterocycles. The van der Waals surface area contributed by atoms with Crippen LogP contribution in [-0.4, -0.2) is 4.83 Å². The average molecular weight is 339 g/mol. The van der Waals surface area contributed by atoms with Gasteiger partial charge in [-0.25, -0.2) is 0 Å². The Morgan fingerprint density at radius 1 is 0.750 bits per heavy atom. The smallest absolute Gasteiger partial charge is 0.0202 e. The molecule has 0 N–H and O–H groups in total. The van der Waals surface area contributed by atoms with E-state index in [2.05, 4.69) is 29.8 Å². The molecule has 2 unspecified atom stereocenters. The Labute approximate surface area is 133 Å². The van der Waals surface area contributed by atoms with Crippen molar-refractivity contribution in [3.63, 3.8) is 0 Å². The van der Waals surface area contributed by atoms with E-state index in [0.717, 1.165) is 28.5 Å². The maximum absolute atomic E-state index is 4.04. The van der Waals surface area contributed by atoms with Gasteiger partial charge in [-0.1, -0.05) is 42.6 Å². The average Bonchev–Trinajstić information content (AvgIpc) is 2.74. The van der Waals surface area contributed by atoms with Crippen LogP contribution in [0, 0.1) is 34.5 Å². The molecule has 4 fully saturated rings. The van der Waals surface area contributed by atoms with Crippen molar-refractivity contribution < 1.29 is 0 Å². The highest BCUT2D eigenvalue weighted by atomic mass is 79.9. The predicted molar refractivity (Wildman–Crippen MR) is 89.1 cm³/mol. The normalized spacial score (nSPS) is 58.6. The summed E-state index contributed by atoms with van der Waals surface area (Å²) in [6.45, 7) is 5.30. The molecule has 4 saturated carbocycles. The highest BCUT2D eigenvalue weighted by Crippen LogP contribution is 2.67. The molecular formula is C19H31Br. The van der Waals surface area contributed by atoms with Crippen LogP contribution in [0.4, 0.5) is 0 Å². The van der Waals surface area contributed by atoms with E-state index in [1.807, 2.05) is 0 Å². The van der Waals surface area contributed by atoms with Crippen LogP contribution in [0.3, 0.4) is 0 Å². The lowest BCUT2D eigenvalue weighted by Crippen LogP contribution is -2.52. The minimum atomic E-state index is 0.624. The lowest BCUT2D eigenvalue weighted by molar-refractivity contribution is -0.102. The van der Waals surface area contributed by atoms with Crippen molar-refractivity contribution >= 4 is 15.9 Å². The Hall–Kier alpha value is 0.480. The zero-order valence-electron chi connectivity index (χ0n) is 13.3. The molecule has 0 nitrogen and oxygen atoms in total. The van der Waals surface area contributed by atoms with E-state index in [1.165, 1.54) is 38.5 Å². The molecule has 0 aromatic rings. The van der Waals surface area contributed by atoms with Gasteiger partial charge in [0.05, 0.1) is 0 Å². The van der Waals surface area contributed by atoms with E-state index >= 15 is 0 Å². The summed E-state index contributed by atoms with van der Waals surface area (Å²) in [5.74, 6) is 4.24. The Kier molecular flexibility index (Phi) is 3.34. The molecule has 7 atom stereocenters. The van der Waals surface area contributed by atoms with Crippen LogP contribution < -0.4 is 0 Å². The Bertz CT molecular complexity index is 391. The standard InChI is InChI=1S/C19H31Br/c1-18-11-4-3-5-13(18)6-7-14-15-8-9-17(20)19(15,2)12-10-16(14)18/h13-17H,3-12H2,1-2H3/t13?,14-,15-,16-,17?,18-,19-/m0/s1. The van der Waals surface area contributed by atoms with Gasteiger partial charge in [-0.05, 0) is 85.9 Å². The monoisotopic (exact) mass is 338 g/mol. The van der Waals surface area contributed by atoms with Gasteiger partial charge in [0.1, 0.15) is 0 Å². The highest BCUT2D eigenvalue weighted by molar-refractivity contribution is 9.09. The quantitative estimate of drug-likeness (QED) is 0.462. The first-order valence-electron chi connectivity index (χ1n) is 9.20. The molecule has 4 rings (SSSR count). The fraction of sp³-hybridized carbons (Fsp3) is 1.00. The lowest BCUT2D eigenvalue weighted by Gasteiger charge is -2.60. The van der Waals surface area contributed by atoms with Crippen molar-refractivity contribution in [1.82, 2.24) is 0 Å². The van der Waals surface area contributed by atoms with E-state index in [0.29, 0.717) is 10.8 Å². The molecule has 4 aliphatic carbocycles. The van der Waals surface area contributed by atoms with Crippen molar-refractivity contribution in [1.29, 1.82) is 0 Å². The van der Waals surface area contributed by atoms with Crippen LogP contribution in [0.2, 0.25) is 0 Å². The summed E-state index contributed by atoms with van der Waals surface area (Å²) in [6.07, 6.45) is 15.2. The summed E-state index contributed by atoms with van der Waals surface area (Å²) in [5.41, 5.74) is 1.34. The SMILES string of the molecule is C[C@]12CCCCC1CC[C@@H]1[C@@H]2CC[C@]2(C)C(Br)CC[C@@H]12. The molecule has 0 amide bonds. The van der Waals surface area contributed by atoms with Crippen LogP contribution in [0.1, 0.15) is 78.1 Å². The van der Waals surface area contributed by atoms with Gasteiger partial charge < -0.3 is 0 Å². The van der Waals surface area contributed by atoms with Gasteiger partial charge >= 0.3 is 0 Å². The second-order valence-electron chi connectivity index (χ2n) is 8.99. The summed E-state index contributed by atoms with van der Waals surface area (Å²) >= 11 is 4.04. The molecule has 0 aromatic heterocycles. The maximum Gasteiger partial charge on any atom is 0.0202 e. The van der Waals surface area contributed by atoms with Gasteiger partial charge in [0.2, 0.25) is 0 Å². The third kappa shape index (κ3) is 1.77. The van der Waals surface area contributed by atoms with Gasteiger partial charge in [0.25, 0.3) is 0 Å². The number of hydrogen-bond acceptors (Lipinski definition) is 0. The lowest BCUT2D eigenvalue weighted by atomic mass is 9.45. The Balaban J connectivity index is 1.64. The summed E-state index contributed by atoms with van der Waals surface area (Å²) in [4.78, 5) is 0.804. The molecule has 0 aromatic carbocycles. The molecule has 20 heavy (non-hydrogen) atoms. The Morgan fingerprint density at radius 2 is 1.55 bits per heavy atom. The molecule has 0 spiro atoms. The molecule has 0 radical (unpaired) electrons. The van der Waals surface area contributed by atoms with E-state index < -0.39 is 0 Å². The minimum Gasteiger partial charge on any atom is -0.0885 e. The van der Waals surface area contributed by atoms with Crippen LogP contribution in [0.25, 0.3) is 0 Å². The molecule has 114 valence electrons. The number of hydrogen-bond donors (Lipinski definition) is 0. The highest BCUT2D eigenvalue weighted by Gasteiger charge is 2.59. The number of halogens is 1. The molecule has 4 aliphatic rings. The van der Waals surface area contributed by atoms with E-state index in [1.54, 1.807) is 25.7 Å². The first-order valence-corrected chi connectivity index (χ1v) is 10.1. The largest absolute Gasteiger partial charge is 0.0885 e. The molecular weight excluding hydrogens is 308 g/mol. The van der Waals surface area contributed by atoms with Crippen LogP contribution >= 0.6 is 15.9 Å². The molecule has 0 bridgehead atoms. The second kappa shape index (κ2) is 4.74. The topological polar surface area (TPSA) is 0 Å². The van der Waals surface area contributed by atoms with E-state index in [-0.39, 0.29) is 0 Å². The predicted octanol–water partition coefficient (Wildman–Crippen LogP) is 6.18. The van der Waals surface area contributed by atoms with E-state index in [4.69, 9.17) is 0 Å². The van der Waals surface area contributed by atoms with Crippen LogP contribution in [0.15, 0.2) is 0 Å². The van der Waals surface area contributed by atoms with Gasteiger partial charge in [-0.2, -0.15) is 0 Å². The van der Waals surface area contributed by atoms with Crippen molar-refractivity contribution in [2.24, 2.45) is 34.5 Å². The van der Waals surface area contributed by atoms with Crippen molar-refractivity contribution in [3.8, 4) is 0 Å².